The van der Waals surface area contributed by atoms with Crippen molar-refractivity contribution in [1.82, 2.24) is 21.3 Å². The third-order valence-electron chi connectivity index (χ3n) is 24.1. The van der Waals surface area contributed by atoms with Crippen molar-refractivity contribution in [3.05, 3.63) is 12.2 Å². The van der Waals surface area contributed by atoms with E-state index in [9.17, 15) is 121 Å². The van der Waals surface area contributed by atoms with Crippen LogP contribution in [0.4, 0.5) is 0 Å². The van der Waals surface area contributed by atoms with E-state index in [1.54, 1.807) is 6.08 Å². The second-order valence-corrected chi connectivity index (χ2v) is 34.2. The van der Waals surface area contributed by atoms with Crippen molar-refractivity contribution >= 4 is 29.6 Å². The number of amides is 4. The smallest absolute Gasteiger partial charge is 0.364 e. The summed E-state index contributed by atoms with van der Waals surface area (Å²) in [7, 11) is 0. The van der Waals surface area contributed by atoms with Crippen molar-refractivity contribution in [3.63, 3.8) is 0 Å². The lowest BCUT2D eigenvalue weighted by atomic mass is 9.88. The topological polar surface area (TPSA) is 629 Å². The first-order valence-corrected chi connectivity index (χ1v) is 45.6. The van der Waals surface area contributed by atoms with Gasteiger partial charge in [-0.05, 0) is 19.3 Å². The summed E-state index contributed by atoms with van der Waals surface area (Å²) in [6.07, 6.45) is -19.7. The van der Waals surface area contributed by atoms with Gasteiger partial charge in [-0.15, -0.1) is 0 Å². The highest BCUT2D eigenvalue weighted by Gasteiger charge is 2.63. The van der Waals surface area contributed by atoms with Crippen molar-refractivity contribution in [2.75, 3.05) is 46.2 Å². The van der Waals surface area contributed by atoms with Crippen molar-refractivity contribution in [3.8, 4) is 0 Å². The lowest BCUT2D eigenvalue weighted by molar-refractivity contribution is -0.400. The van der Waals surface area contributed by atoms with Crippen molar-refractivity contribution in [1.29, 1.82) is 0 Å². The van der Waals surface area contributed by atoms with Gasteiger partial charge in [0.25, 0.3) is 5.79 Å². The predicted molar refractivity (Wildman–Crippen MR) is 441 cm³/mol. The van der Waals surface area contributed by atoms with Gasteiger partial charge in [0.15, 0.2) is 31.5 Å². The Morgan fingerprint density at radius 1 is 0.416 bits per heavy atom. The van der Waals surface area contributed by atoms with Crippen LogP contribution in [-0.2, 0) is 80.8 Å². The predicted octanol–water partition coefficient (Wildman–Crippen LogP) is -1.51. The summed E-state index contributed by atoms with van der Waals surface area (Å²) in [6.45, 7) is 0.0932. The summed E-state index contributed by atoms with van der Waals surface area (Å²) in [5.41, 5.74) is 0. The molecule has 6 aliphatic rings. The van der Waals surface area contributed by atoms with Crippen molar-refractivity contribution < 1.29 is 178 Å². The molecule has 0 aliphatic carbocycles. The Labute approximate surface area is 732 Å². The molecule has 33 atom stereocenters. The first-order chi connectivity index (χ1) is 59.9. The SMILES string of the molecule is CCCCCCCCCCCCC/C=C/[C@@H](O)[C@H](CO[C@@H]1OC(CO)[C@@H](O[C@@H]2OC(CO)[C@H](O[C@@H]3OC(CO)[C@H](O)[C@H](O[C@@H]4OC(CO)[C@H](O[C@@H]5OC(CO)[C@H](O)[C@H](O)C5NC(C)=O)[C@H](O[C@]5(C(=O)O)CC(O)[C@@H](NC(C)=O)C([C@H](O)[C@H](O)CO)O5)C4O)C3NC(C)=O)[C@H](O)C2O)[C@H](O)C1O)NC(=O)CCCCCCCCCCCCCCCCCCCCC. The van der Waals surface area contributed by atoms with Crippen LogP contribution < -0.4 is 21.3 Å². The molecule has 0 radical (unpaired) electrons. The minimum absolute atomic E-state index is 0.157. The molecule has 4 amide bonds. The molecule has 12 unspecified atom stereocenters. The number of aliphatic carboxylic acids is 1. The van der Waals surface area contributed by atoms with Crippen LogP contribution in [-0.4, -0.2) is 375 Å². The van der Waals surface area contributed by atoms with E-state index in [-0.39, 0.29) is 12.3 Å². The first kappa shape index (κ1) is 110. The van der Waals surface area contributed by atoms with Gasteiger partial charge in [-0.25, -0.2) is 4.79 Å². The molecule has 0 aromatic carbocycles. The molecule has 125 heavy (non-hydrogen) atoms. The highest BCUT2D eigenvalue weighted by molar-refractivity contribution is 5.77. The fourth-order valence-corrected chi connectivity index (χ4v) is 16.9. The monoisotopic (exact) mass is 1810 g/mol. The number of rotatable bonds is 60. The quantitative estimate of drug-likeness (QED) is 0.0243. The Kier molecular flexibility index (Phi) is 50.9. The molecule has 6 rings (SSSR count). The standard InChI is InChI=1S/C85H152N4O36/c1-6-8-10-12-14-16-18-20-21-22-23-24-25-27-29-31-33-35-37-39-60(102)89-51(52(99)38-36-34-32-30-28-26-19-17-15-13-11-9-7-2)47-114-81-70(109)68(107)74(57(44-93)117-81)121-82-71(110)69(108)73(58(45-94)118-82)120-80-63(88-50(5)98)76(66(105)56(43-92)116-80)123-83-72(111)78(75(59(46-95)119-83)122-79-62(87-49(4)97)67(106)65(104)55(42-91)115-79)125-85(84(112)113)40-53(100)61(86-48(3)96)77(124-85)64(103)54(101)41-90/h36,38,51-59,61-83,90-95,99-101,103-111H,6-35,37,39-47H2,1-5H3,(H,86,96)(H,87,97)(H,88,98)(H,89,102)(H,112,113)/b38-36+/t51-,52+,53?,54+,55?,56?,57?,58?,59?,61+,62?,63?,64+,65-,66-,67+,68+,69+,70?,71?,72?,73-,74+,75-,76+,77?,78+,79-,80-,81+,82-,83-,85-/m0/s1. The molecule has 0 aromatic rings. The highest BCUT2D eigenvalue weighted by atomic mass is 16.8. The number of nitrogens with one attached hydrogen (secondary N) is 4. The number of aliphatic hydroxyl groups excluding tert-OH is 18. The summed E-state index contributed by atoms with van der Waals surface area (Å²) in [5.74, 6) is -8.69. The Morgan fingerprint density at radius 2 is 0.800 bits per heavy atom. The van der Waals surface area contributed by atoms with E-state index < -0.39 is 278 Å². The maximum atomic E-state index is 13.8. The highest BCUT2D eigenvalue weighted by Crippen LogP contribution is 2.42. The van der Waals surface area contributed by atoms with Crippen LogP contribution in [0.5, 0.6) is 0 Å². The van der Waals surface area contributed by atoms with Gasteiger partial charge >= 0.3 is 5.97 Å². The third kappa shape index (κ3) is 33.8. The van der Waals surface area contributed by atoms with Gasteiger partial charge in [0.1, 0.15) is 140 Å². The second-order valence-electron chi connectivity index (χ2n) is 34.2. The largest absolute Gasteiger partial charge is 0.477 e. The van der Waals surface area contributed by atoms with Crippen LogP contribution in [0.3, 0.4) is 0 Å². The molecule has 40 nitrogen and oxygen atoms in total. The van der Waals surface area contributed by atoms with E-state index in [4.69, 9.17) is 56.8 Å². The molecule has 728 valence electrons. The molecular formula is C85H152N4O36. The van der Waals surface area contributed by atoms with E-state index in [0.29, 0.717) is 12.8 Å². The van der Waals surface area contributed by atoms with Crippen LogP contribution in [0.25, 0.3) is 0 Å². The average Bonchev–Trinajstić information content (AvgIpc) is 0.746. The molecular weight excluding hydrogens is 1650 g/mol. The Balaban J connectivity index is 1.16. The zero-order valence-electron chi connectivity index (χ0n) is 73.4. The van der Waals surface area contributed by atoms with Crippen molar-refractivity contribution in [2.45, 2.75) is 448 Å². The summed E-state index contributed by atoms with van der Waals surface area (Å²) in [4.78, 5) is 65.8. The van der Waals surface area contributed by atoms with Gasteiger partial charge < -0.3 is 175 Å². The van der Waals surface area contributed by atoms with Crippen LogP contribution in [0.1, 0.15) is 247 Å². The van der Waals surface area contributed by atoms with Gasteiger partial charge in [0, 0.05) is 33.6 Å². The molecule has 0 spiro atoms. The van der Waals surface area contributed by atoms with E-state index >= 15 is 0 Å². The number of carbonyl (C=O) groups excluding carboxylic acids is 4. The zero-order chi connectivity index (χ0) is 91.9. The van der Waals surface area contributed by atoms with Crippen LogP contribution in [0.15, 0.2) is 12.2 Å². The number of aliphatic hydroxyl groups is 18. The van der Waals surface area contributed by atoms with Crippen LogP contribution in [0.2, 0.25) is 0 Å². The van der Waals surface area contributed by atoms with Gasteiger partial charge in [-0.1, -0.05) is 206 Å². The Bertz CT molecular complexity index is 3030. The van der Waals surface area contributed by atoms with E-state index in [1.807, 2.05) is 6.08 Å². The van der Waals surface area contributed by atoms with Crippen LogP contribution in [0, 0.1) is 0 Å². The Morgan fingerprint density at radius 3 is 1.26 bits per heavy atom. The number of carboxylic acid groups (broad SMARTS) is 1. The number of unbranched alkanes of at least 4 members (excludes halogenated alkanes) is 29. The maximum Gasteiger partial charge on any atom is 0.364 e. The summed E-state index contributed by atoms with van der Waals surface area (Å²) in [5, 5.41) is 224. The fraction of sp³-hybridized carbons (Fsp3) is 0.918. The van der Waals surface area contributed by atoms with E-state index in [0.717, 1.165) is 72.1 Å². The number of allylic oxidation sites excluding steroid dienone is 1. The minimum atomic E-state index is -3.41. The molecule has 23 N–H and O–H groups in total. The first-order valence-electron chi connectivity index (χ1n) is 45.6. The third-order valence-corrected chi connectivity index (χ3v) is 24.1. The Hall–Kier alpha value is -4.11. The minimum Gasteiger partial charge on any atom is -0.477 e. The summed E-state index contributed by atoms with van der Waals surface area (Å²) in [6, 6.07) is -6.69. The normalized spacial score (nSPS) is 35.0. The average molecular weight is 1810 g/mol. The number of carbonyl (C=O) groups is 5. The zero-order valence-corrected chi connectivity index (χ0v) is 73.4. The number of carboxylic acids is 1. The van der Waals surface area contributed by atoms with E-state index in [1.165, 1.54) is 135 Å². The number of hydrogen-bond acceptors (Lipinski definition) is 35. The molecule has 40 heteroatoms. The molecule has 6 fully saturated rings. The molecule has 6 aliphatic heterocycles. The molecule has 6 saturated heterocycles. The fourth-order valence-electron chi connectivity index (χ4n) is 16.9. The molecule has 0 saturated carbocycles. The molecule has 0 bridgehead atoms. The molecule has 6 heterocycles. The van der Waals surface area contributed by atoms with Gasteiger partial charge in [-0.2, -0.15) is 0 Å². The lowest BCUT2D eigenvalue weighted by Crippen LogP contribution is -2.72. The number of hydrogen-bond donors (Lipinski definition) is 23. The van der Waals surface area contributed by atoms with Crippen LogP contribution >= 0.6 is 0 Å². The van der Waals surface area contributed by atoms with Gasteiger partial charge in [0.05, 0.1) is 70.5 Å². The summed E-state index contributed by atoms with van der Waals surface area (Å²) >= 11 is 0. The summed E-state index contributed by atoms with van der Waals surface area (Å²) < 4.78 is 72.3. The number of ether oxygens (including phenoxy) is 12. The van der Waals surface area contributed by atoms with E-state index in [2.05, 4.69) is 35.1 Å². The van der Waals surface area contributed by atoms with Gasteiger partial charge in [0.2, 0.25) is 23.6 Å². The van der Waals surface area contributed by atoms with Crippen molar-refractivity contribution in [2.24, 2.45) is 0 Å². The lowest BCUT2D eigenvalue weighted by Gasteiger charge is -2.53. The van der Waals surface area contributed by atoms with Gasteiger partial charge in [-0.3, -0.25) is 19.2 Å². The maximum absolute atomic E-state index is 13.8. The second kappa shape index (κ2) is 58.0. The molecule has 0 aromatic heterocycles.